The molecule has 0 saturated carbocycles. The van der Waals surface area contributed by atoms with Crippen LogP contribution in [0.1, 0.15) is 21.6 Å². The molecule has 0 spiro atoms. The van der Waals surface area contributed by atoms with E-state index in [1.165, 1.54) is 21.6 Å². The van der Waals surface area contributed by atoms with Crippen molar-refractivity contribution in [2.75, 3.05) is 0 Å². The average molecular weight is 361 g/mol. The van der Waals surface area contributed by atoms with E-state index < -0.39 is 0 Å². The summed E-state index contributed by atoms with van der Waals surface area (Å²) >= 11 is 7.99. The van der Waals surface area contributed by atoms with Crippen LogP contribution in [-0.2, 0) is 5.41 Å². The van der Waals surface area contributed by atoms with Crippen LogP contribution in [0, 0.1) is 0 Å². The summed E-state index contributed by atoms with van der Waals surface area (Å²) < 4.78 is 0.808. The Labute approximate surface area is 157 Å². The molecule has 1 aromatic heterocycles. The van der Waals surface area contributed by atoms with Gasteiger partial charge in [-0.1, -0.05) is 103 Å². The van der Waals surface area contributed by atoms with Crippen LogP contribution in [0.25, 0.3) is 0 Å². The Balaban J connectivity index is 2.12. The molecule has 0 saturated heterocycles. The molecule has 0 aliphatic rings. The van der Waals surface area contributed by atoms with Gasteiger partial charge in [0.15, 0.2) is 0 Å². The molecule has 0 atom stereocenters. The molecule has 0 amide bonds. The van der Waals surface area contributed by atoms with Gasteiger partial charge in [-0.05, 0) is 28.8 Å². The van der Waals surface area contributed by atoms with Gasteiger partial charge in [0.1, 0.15) is 0 Å². The molecule has 3 aromatic carbocycles. The van der Waals surface area contributed by atoms with E-state index in [2.05, 4.69) is 97.1 Å². The largest absolute Gasteiger partial charge is 0.127 e. The predicted octanol–water partition coefficient (Wildman–Crippen LogP) is 6.78. The summed E-state index contributed by atoms with van der Waals surface area (Å²) in [6.07, 6.45) is 0. The number of thiophene rings is 1. The first-order valence-corrected chi connectivity index (χ1v) is 9.43. The molecule has 0 fully saturated rings. The quantitative estimate of drug-likeness (QED) is 0.352. The zero-order chi connectivity index (χ0) is 17.1. The SMILES string of the molecule is Clc1ccc(C(c2ccccc2)(c2ccccc2)c2ccccc2)s1. The fraction of sp³-hybridized carbons (Fsp3) is 0.0435. The molecular weight excluding hydrogens is 344 g/mol. The summed E-state index contributed by atoms with van der Waals surface area (Å²) in [4.78, 5) is 1.22. The maximum atomic E-state index is 6.35. The minimum atomic E-state index is -0.373. The van der Waals surface area contributed by atoms with E-state index in [1.807, 2.05) is 6.07 Å². The van der Waals surface area contributed by atoms with Gasteiger partial charge < -0.3 is 0 Å². The van der Waals surface area contributed by atoms with Gasteiger partial charge in [0.2, 0.25) is 0 Å². The molecule has 0 aliphatic carbocycles. The van der Waals surface area contributed by atoms with Crippen molar-refractivity contribution in [2.45, 2.75) is 5.41 Å². The van der Waals surface area contributed by atoms with Gasteiger partial charge in [-0.2, -0.15) is 0 Å². The second-order valence-corrected chi connectivity index (χ2v) is 7.67. The van der Waals surface area contributed by atoms with Crippen LogP contribution >= 0.6 is 22.9 Å². The molecule has 4 rings (SSSR count). The van der Waals surface area contributed by atoms with Crippen molar-refractivity contribution in [3.05, 3.63) is 129 Å². The second kappa shape index (κ2) is 6.87. The van der Waals surface area contributed by atoms with E-state index in [0.29, 0.717) is 0 Å². The van der Waals surface area contributed by atoms with Crippen molar-refractivity contribution in [3.63, 3.8) is 0 Å². The van der Waals surface area contributed by atoms with Gasteiger partial charge in [-0.25, -0.2) is 0 Å². The number of hydrogen-bond acceptors (Lipinski definition) is 1. The van der Waals surface area contributed by atoms with Crippen molar-refractivity contribution >= 4 is 22.9 Å². The highest BCUT2D eigenvalue weighted by atomic mass is 35.5. The maximum Gasteiger partial charge on any atom is 0.0931 e. The standard InChI is InChI=1S/C23H17ClS/c24-22-17-16-21(25-22)23(18-10-4-1-5-11-18,19-12-6-2-7-13-19)20-14-8-3-9-15-20/h1-17H. The van der Waals surface area contributed by atoms with E-state index in [9.17, 15) is 0 Å². The summed E-state index contributed by atoms with van der Waals surface area (Å²) in [5, 5.41) is 0. The van der Waals surface area contributed by atoms with Crippen LogP contribution in [0.5, 0.6) is 0 Å². The van der Waals surface area contributed by atoms with Crippen LogP contribution in [0.3, 0.4) is 0 Å². The molecule has 122 valence electrons. The first-order chi connectivity index (χ1) is 12.3. The second-order valence-electron chi connectivity index (χ2n) is 5.95. The zero-order valence-electron chi connectivity index (χ0n) is 13.6. The lowest BCUT2D eigenvalue weighted by Gasteiger charge is -2.35. The summed E-state index contributed by atoms with van der Waals surface area (Å²) in [7, 11) is 0. The Kier molecular flexibility index (Phi) is 4.44. The third-order valence-corrected chi connectivity index (χ3v) is 5.91. The molecule has 0 bridgehead atoms. The normalized spacial score (nSPS) is 11.4. The highest BCUT2D eigenvalue weighted by molar-refractivity contribution is 7.16. The van der Waals surface area contributed by atoms with Gasteiger partial charge in [0.25, 0.3) is 0 Å². The third kappa shape index (κ3) is 2.80. The Morgan fingerprint density at radius 1 is 0.520 bits per heavy atom. The third-order valence-electron chi connectivity index (χ3n) is 4.56. The molecule has 2 heteroatoms. The first kappa shape index (κ1) is 16.1. The first-order valence-electron chi connectivity index (χ1n) is 8.24. The molecule has 0 N–H and O–H groups in total. The monoisotopic (exact) mass is 360 g/mol. The average Bonchev–Trinajstić information content (AvgIpc) is 3.12. The van der Waals surface area contributed by atoms with E-state index in [4.69, 9.17) is 11.6 Å². The van der Waals surface area contributed by atoms with E-state index in [-0.39, 0.29) is 5.41 Å². The van der Waals surface area contributed by atoms with E-state index in [0.717, 1.165) is 4.34 Å². The smallest absolute Gasteiger partial charge is 0.0931 e. The van der Waals surface area contributed by atoms with Crippen molar-refractivity contribution in [1.29, 1.82) is 0 Å². The lowest BCUT2D eigenvalue weighted by molar-refractivity contribution is 0.763. The van der Waals surface area contributed by atoms with Crippen LogP contribution in [0.15, 0.2) is 103 Å². The molecule has 25 heavy (non-hydrogen) atoms. The zero-order valence-corrected chi connectivity index (χ0v) is 15.2. The molecule has 0 unspecified atom stereocenters. The lowest BCUT2D eigenvalue weighted by atomic mass is 9.68. The molecule has 1 heterocycles. The van der Waals surface area contributed by atoms with E-state index in [1.54, 1.807) is 11.3 Å². The Morgan fingerprint density at radius 2 is 0.920 bits per heavy atom. The fourth-order valence-electron chi connectivity index (χ4n) is 3.51. The van der Waals surface area contributed by atoms with Gasteiger partial charge in [0, 0.05) is 4.88 Å². The minimum absolute atomic E-state index is 0.373. The number of benzene rings is 3. The van der Waals surface area contributed by atoms with Crippen molar-refractivity contribution < 1.29 is 0 Å². The number of rotatable bonds is 4. The summed E-state index contributed by atoms with van der Waals surface area (Å²) in [5.41, 5.74) is 3.35. The van der Waals surface area contributed by atoms with Crippen molar-refractivity contribution in [3.8, 4) is 0 Å². The number of halogens is 1. The highest BCUT2D eigenvalue weighted by Crippen LogP contribution is 2.47. The summed E-state index contributed by atoms with van der Waals surface area (Å²) in [5.74, 6) is 0. The van der Waals surface area contributed by atoms with Crippen LogP contribution in [-0.4, -0.2) is 0 Å². The minimum Gasteiger partial charge on any atom is -0.127 e. The topological polar surface area (TPSA) is 0 Å². The van der Waals surface area contributed by atoms with Crippen LogP contribution in [0.2, 0.25) is 4.34 Å². The van der Waals surface area contributed by atoms with Crippen LogP contribution < -0.4 is 0 Å². The number of hydrogen-bond donors (Lipinski definition) is 0. The Morgan fingerprint density at radius 3 is 1.24 bits per heavy atom. The van der Waals surface area contributed by atoms with Gasteiger partial charge in [0.05, 0.1) is 9.75 Å². The summed E-state index contributed by atoms with van der Waals surface area (Å²) in [6.45, 7) is 0. The molecule has 0 nitrogen and oxygen atoms in total. The molecule has 0 radical (unpaired) electrons. The van der Waals surface area contributed by atoms with Crippen molar-refractivity contribution in [2.24, 2.45) is 0 Å². The van der Waals surface area contributed by atoms with E-state index >= 15 is 0 Å². The Bertz CT molecular complexity index is 846. The summed E-state index contributed by atoms with van der Waals surface area (Å²) in [6, 6.07) is 36.2. The van der Waals surface area contributed by atoms with Crippen LogP contribution in [0.4, 0.5) is 0 Å². The molecule has 0 aliphatic heterocycles. The molecule has 4 aromatic rings. The van der Waals surface area contributed by atoms with Crippen molar-refractivity contribution in [1.82, 2.24) is 0 Å². The van der Waals surface area contributed by atoms with Gasteiger partial charge in [-0.15, -0.1) is 11.3 Å². The van der Waals surface area contributed by atoms with Gasteiger partial charge >= 0.3 is 0 Å². The predicted molar refractivity (Wildman–Crippen MR) is 108 cm³/mol. The Hall–Kier alpha value is -2.35. The maximum absolute atomic E-state index is 6.35. The highest BCUT2D eigenvalue weighted by Gasteiger charge is 2.39. The fourth-order valence-corrected chi connectivity index (χ4v) is 4.81. The lowest BCUT2D eigenvalue weighted by Crippen LogP contribution is -2.29. The molecular formula is C23H17ClS. The van der Waals surface area contributed by atoms with Gasteiger partial charge in [-0.3, -0.25) is 0 Å².